The Bertz CT molecular complexity index is 606. The molecular weight excluding hydrogens is 242 g/mol. The number of nitriles is 1. The maximum absolute atomic E-state index is 10.6. The molecule has 19 heavy (non-hydrogen) atoms. The summed E-state index contributed by atoms with van der Waals surface area (Å²) in [4.78, 5) is 14.7. The zero-order valence-corrected chi connectivity index (χ0v) is 10.1. The number of benzene rings is 1. The maximum Gasteiger partial charge on any atom is 0.213 e. The number of nitroso groups, excluding NO2 is 1. The summed E-state index contributed by atoms with van der Waals surface area (Å²) >= 11 is 0. The van der Waals surface area contributed by atoms with Crippen molar-refractivity contribution in [3.05, 3.63) is 58.6 Å². The molecule has 0 aliphatic heterocycles. The Kier molecular flexibility index (Phi) is 4.19. The fourth-order valence-corrected chi connectivity index (χ4v) is 1.57. The number of hydrogen-bond acceptors (Lipinski definition) is 5. The summed E-state index contributed by atoms with van der Waals surface area (Å²) in [6.45, 7) is 0.383. The van der Waals surface area contributed by atoms with Gasteiger partial charge in [0.15, 0.2) is 0 Å². The normalized spacial score (nSPS) is 9.63. The lowest BCUT2D eigenvalue weighted by Crippen LogP contribution is -1.99. The smallest absolute Gasteiger partial charge is 0.213 e. The van der Waals surface area contributed by atoms with Gasteiger partial charge in [0, 0.05) is 6.07 Å². The number of nitrogens with zero attached hydrogens (tertiary/aromatic N) is 3. The number of hydrogen-bond donors (Lipinski definition) is 0. The largest absolute Gasteiger partial charge is 0.473 e. The summed E-state index contributed by atoms with van der Waals surface area (Å²) in [5.41, 5.74) is 1.53. The second-order valence-corrected chi connectivity index (χ2v) is 3.82. The van der Waals surface area contributed by atoms with Crippen molar-refractivity contribution in [2.75, 3.05) is 0 Å². The predicted molar refractivity (Wildman–Crippen MR) is 69.8 cm³/mol. The van der Waals surface area contributed by atoms with Crippen LogP contribution in [-0.4, -0.2) is 4.98 Å². The lowest BCUT2D eigenvalue weighted by atomic mass is 10.2. The van der Waals surface area contributed by atoms with Gasteiger partial charge in [-0.25, -0.2) is 4.98 Å². The molecule has 0 unspecified atom stereocenters. The highest BCUT2D eigenvalue weighted by Gasteiger charge is 2.07. The first-order valence-corrected chi connectivity index (χ1v) is 5.70. The lowest BCUT2D eigenvalue weighted by Gasteiger charge is -2.06. The van der Waals surface area contributed by atoms with Crippen LogP contribution < -0.4 is 4.74 Å². The summed E-state index contributed by atoms with van der Waals surface area (Å²) in [6.07, 6.45) is 0.0314. The molecule has 0 saturated heterocycles. The number of ether oxygens (including phenoxy) is 1. The van der Waals surface area contributed by atoms with Crippen LogP contribution in [0.3, 0.4) is 0 Å². The van der Waals surface area contributed by atoms with Crippen molar-refractivity contribution in [1.29, 1.82) is 5.26 Å². The SMILES string of the molecule is N#CCc1nc(OCc2ccccc2)ccc1N=O. The molecule has 0 aliphatic carbocycles. The van der Waals surface area contributed by atoms with Crippen LogP contribution in [0.4, 0.5) is 5.69 Å². The average Bonchev–Trinajstić information content (AvgIpc) is 2.47. The van der Waals surface area contributed by atoms with Crippen molar-refractivity contribution >= 4 is 5.69 Å². The second kappa shape index (κ2) is 6.26. The van der Waals surface area contributed by atoms with Crippen LogP contribution in [0, 0.1) is 16.2 Å². The monoisotopic (exact) mass is 253 g/mol. The van der Waals surface area contributed by atoms with Gasteiger partial charge in [-0.15, -0.1) is 4.91 Å². The van der Waals surface area contributed by atoms with Crippen molar-refractivity contribution in [3.8, 4) is 11.9 Å². The summed E-state index contributed by atoms with van der Waals surface area (Å²) < 4.78 is 5.51. The predicted octanol–water partition coefficient (Wildman–Crippen LogP) is 3.12. The Morgan fingerprint density at radius 1 is 1.21 bits per heavy atom. The molecule has 0 bridgehead atoms. The van der Waals surface area contributed by atoms with E-state index in [9.17, 15) is 4.91 Å². The van der Waals surface area contributed by atoms with Crippen LogP contribution in [0.25, 0.3) is 0 Å². The molecule has 0 N–H and O–H groups in total. The minimum absolute atomic E-state index is 0.0314. The molecule has 0 aliphatic rings. The van der Waals surface area contributed by atoms with Crippen molar-refractivity contribution in [3.63, 3.8) is 0 Å². The summed E-state index contributed by atoms with van der Waals surface area (Å²) in [7, 11) is 0. The van der Waals surface area contributed by atoms with Gasteiger partial charge in [-0.2, -0.15) is 5.26 Å². The summed E-state index contributed by atoms with van der Waals surface area (Å²) in [5, 5.41) is 11.5. The van der Waals surface area contributed by atoms with Gasteiger partial charge in [-0.1, -0.05) is 30.3 Å². The molecule has 0 fully saturated rings. The highest BCUT2D eigenvalue weighted by molar-refractivity contribution is 5.44. The van der Waals surface area contributed by atoms with E-state index in [1.165, 1.54) is 6.07 Å². The van der Waals surface area contributed by atoms with Crippen molar-refractivity contribution < 1.29 is 4.74 Å². The van der Waals surface area contributed by atoms with Gasteiger partial charge in [0.25, 0.3) is 0 Å². The maximum atomic E-state index is 10.6. The highest BCUT2D eigenvalue weighted by Crippen LogP contribution is 2.21. The molecule has 5 heteroatoms. The van der Waals surface area contributed by atoms with E-state index in [1.807, 2.05) is 36.4 Å². The van der Waals surface area contributed by atoms with E-state index < -0.39 is 0 Å². The van der Waals surface area contributed by atoms with E-state index >= 15 is 0 Å². The first-order valence-electron chi connectivity index (χ1n) is 5.70. The molecular formula is C14H11N3O2. The average molecular weight is 253 g/mol. The van der Waals surface area contributed by atoms with E-state index in [4.69, 9.17) is 10.00 Å². The molecule has 94 valence electrons. The second-order valence-electron chi connectivity index (χ2n) is 3.82. The molecule has 0 spiro atoms. The van der Waals surface area contributed by atoms with Crippen LogP contribution >= 0.6 is 0 Å². The summed E-state index contributed by atoms with van der Waals surface area (Å²) in [6, 6.07) is 14.7. The molecule has 1 aromatic heterocycles. The van der Waals surface area contributed by atoms with Gasteiger partial charge in [0.2, 0.25) is 5.88 Å². The highest BCUT2D eigenvalue weighted by atomic mass is 16.5. The number of pyridine rings is 1. The Morgan fingerprint density at radius 3 is 2.68 bits per heavy atom. The molecule has 0 atom stereocenters. The topological polar surface area (TPSA) is 75.3 Å². The van der Waals surface area contributed by atoms with Gasteiger partial charge in [-0.3, -0.25) is 0 Å². The third kappa shape index (κ3) is 3.36. The van der Waals surface area contributed by atoms with Gasteiger partial charge in [0.05, 0.1) is 18.2 Å². The Morgan fingerprint density at radius 2 is 2.00 bits per heavy atom. The molecule has 1 heterocycles. The number of aromatic nitrogens is 1. The molecule has 5 nitrogen and oxygen atoms in total. The Labute approximate surface area is 110 Å². The van der Waals surface area contributed by atoms with Crippen molar-refractivity contribution in [2.24, 2.45) is 5.18 Å². The van der Waals surface area contributed by atoms with Gasteiger partial charge >= 0.3 is 0 Å². The Balaban J connectivity index is 2.11. The minimum Gasteiger partial charge on any atom is -0.473 e. The van der Waals surface area contributed by atoms with Crippen molar-refractivity contribution in [2.45, 2.75) is 13.0 Å². The molecule has 1 aromatic carbocycles. The van der Waals surface area contributed by atoms with Crippen LogP contribution in [0.5, 0.6) is 5.88 Å². The quantitative estimate of drug-likeness (QED) is 0.767. The first-order chi connectivity index (χ1) is 9.33. The third-order valence-electron chi connectivity index (χ3n) is 2.50. The summed E-state index contributed by atoms with van der Waals surface area (Å²) in [5.74, 6) is 0.376. The number of rotatable bonds is 5. The van der Waals surface area contributed by atoms with Gasteiger partial charge < -0.3 is 4.74 Å². The van der Waals surface area contributed by atoms with Gasteiger partial charge in [0.1, 0.15) is 12.3 Å². The van der Waals surface area contributed by atoms with Gasteiger partial charge in [-0.05, 0) is 16.8 Å². The lowest BCUT2D eigenvalue weighted by molar-refractivity contribution is 0.293. The molecule has 2 rings (SSSR count). The molecule has 0 radical (unpaired) electrons. The van der Waals surface area contributed by atoms with Crippen LogP contribution in [0.1, 0.15) is 11.3 Å². The zero-order chi connectivity index (χ0) is 13.5. The van der Waals surface area contributed by atoms with Crippen LogP contribution in [-0.2, 0) is 13.0 Å². The minimum atomic E-state index is 0.0314. The Hall–Kier alpha value is -2.74. The fraction of sp³-hybridized carbons (Fsp3) is 0.143. The van der Waals surface area contributed by atoms with Crippen LogP contribution in [0.2, 0.25) is 0 Å². The van der Waals surface area contributed by atoms with E-state index in [2.05, 4.69) is 10.2 Å². The van der Waals surface area contributed by atoms with Crippen LogP contribution in [0.15, 0.2) is 47.6 Å². The fourth-order valence-electron chi connectivity index (χ4n) is 1.57. The van der Waals surface area contributed by atoms with E-state index in [1.54, 1.807) is 6.07 Å². The van der Waals surface area contributed by atoms with E-state index in [0.717, 1.165) is 5.56 Å². The molecule has 2 aromatic rings. The third-order valence-corrected chi connectivity index (χ3v) is 2.50. The molecule has 0 amide bonds. The van der Waals surface area contributed by atoms with E-state index in [0.29, 0.717) is 18.2 Å². The van der Waals surface area contributed by atoms with E-state index in [-0.39, 0.29) is 12.1 Å². The zero-order valence-electron chi connectivity index (χ0n) is 10.1. The van der Waals surface area contributed by atoms with Crippen molar-refractivity contribution in [1.82, 2.24) is 4.98 Å². The standard InChI is InChI=1S/C14H11N3O2/c15-9-8-12-13(17-18)6-7-14(16-12)19-10-11-4-2-1-3-5-11/h1-7H,8,10H2. The molecule has 0 saturated carbocycles. The first kappa shape index (κ1) is 12.7.